The summed E-state index contributed by atoms with van der Waals surface area (Å²) in [5, 5.41) is 5.83. The Morgan fingerprint density at radius 2 is 2.06 bits per heavy atom. The fourth-order valence-electron chi connectivity index (χ4n) is 1.82. The average molecular weight is 231 g/mol. The van der Waals surface area contributed by atoms with E-state index in [0.717, 1.165) is 11.3 Å². The first-order valence-electron chi connectivity index (χ1n) is 5.81. The first-order valence-corrected chi connectivity index (χ1v) is 5.81. The molecule has 1 heterocycles. The highest BCUT2D eigenvalue weighted by atomic mass is 16.2. The number of carbonyl (C=O) groups excluding carboxylic acids is 1. The summed E-state index contributed by atoms with van der Waals surface area (Å²) in [6, 6.07) is 8.14. The summed E-state index contributed by atoms with van der Waals surface area (Å²) in [7, 11) is 0. The Morgan fingerprint density at radius 3 is 2.71 bits per heavy atom. The minimum Gasteiger partial charge on any atom is -0.330 e. The Bertz CT molecular complexity index is 436. The molecular weight excluding hydrogens is 214 g/mol. The van der Waals surface area contributed by atoms with Gasteiger partial charge in [0.2, 0.25) is 5.91 Å². The molecule has 0 aliphatic carbocycles. The first-order chi connectivity index (χ1) is 8.19. The molecule has 2 N–H and O–H groups in total. The van der Waals surface area contributed by atoms with Crippen LogP contribution in [0, 0.1) is 6.92 Å². The molecule has 4 heteroatoms. The third-order valence-electron chi connectivity index (χ3n) is 2.79. The van der Waals surface area contributed by atoms with Gasteiger partial charge in [-0.3, -0.25) is 4.79 Å². The summed E-state index contributed by atoms with van der Waals surface area (Å²) in [5.41, 5.74) is 8.67. The van der Waals surface area contributed by atoms with Crippen molar-refractivity contribution in [3.05, 3.63) is 35.4 Å². The highest BCUT2D eigenvalue weighted by Crippen LogP contribution is 2.14. The fourth-order valence-corrected chi connectivity index (χ4v) is 1.82. The molecule has 1 aromatic carbocycles. The van der Waals surface area contributed by atoms with Crippen LogP contribution in [0.2, 0.25) is 0 Å². The lowest BCUT2D eigenvalue weighted by molar-refractivity contribution is -0.129. The first kappa shape index (κ1) is 11.8. The predicted molar refractivity (Wildman–Crippen MR) is 67.5 cm³/mol. The van der Waals surface area contributed by atoms with E-state index in [1.165, 1.54) is 10.6 Å². The van der Waals surface area contributed by atoms with Gasteiger partial charge in [0.1, 0.15) is 0 Å². The van der Waals surface area contributed by atoms with Crippen molar-refractivity contribution >= 4 is 11.6 Å². The Labute approximate surface area is 101 Å². The molecule has 0 bridgehead atoms. The zero-order valence-corrected chi connectivity index (χ0v) is 10.0. The number of amides is 1. The van der Waals surface area contributed by atoms with Gasteiger partial charge in [-0.2, -0.15) is 5.10 Å². The number of carbonyl (C=O) groups is 1. The van der Waals surface area contributed by atoms with E-state index in [2.05, 4.69) is 5.10 Å². The Balaban J connectivity index is 2.03. The van der Waals surface area contributed by atoms with Crippen LogP contribution in [0.5, 0.6) is 0 Å². The van der Waals surface area contributed by atoms with Crippen molar-refractivity contribution in [3.63, 3.8) is 0 Å². The largest absolute Gasteiger partial charge is 0.330 e. The second kappa shape index (κ2) is 5.10. The van der Waals surface area contributed by atoms with Gasteiger partial charge in [-0.05, 0) is 19.0 Å². The standard InChI is InChI=1S/C13H17N3O/c1-10-2-4-11(5-3-10)9-16-13(17)8-12(15-16)6-7-14/h2-5H,6-9,14H2,1H3. The van der Waals surface area contributed by atoms with Crippen molar-refractivity contribution in [1.82, 2.24) is 5.01 Å². The van der Waals surface area contributed by atoms with E-state index in [0.29, 0.717) is 25.9 Å². The summed E-state index contributed by atoms with van der Waals surface area (Å²) in [6.45, 7) is 3.14. The number of hydrogen-bond donors (Lipinski definition) is 1. The highest BCUT2D eigenvalue weighted by molar-refractivity contribution is 6.04. The summed E-state index contributed by atoms with van der Waals surface area (Å²) >= 11 is 0. The number of benzene rings is 1. The van der Waals surface area contributed by atoms with Crippen LogP contribution in [0.4, 0.5) is 0 Å². The molecule has 1 aliphatic heterocycles. The molecule has 17 heavy (non-hydrogen) atoms. The summed E-state index contributed by atoms with van der Waals surface area (Å²) in [6.07, 6.45) is 1.12. The zero-order chi connectivity index (χ0) is 12.3. The van der Waals surface area contributed by atoms with Crippen molar-refractivity contribution in [2.24, 2.45) is 10.8 Å². The molecule has 1 aliphatic rings. The molecular formula is C13H17N3O. The molecule has 0 saturated heterocycles. The number of nitrogens with two attached hydrogens (primary N) is 1. The molecule has 0 spiro atoms. The molecule has 0 saturated carbocycles. The van der Waals surface area contributed by atoms with Gasteiger partial charge in [-0.25, -0.2) is 5.01 Å². The van der Waals surface area contributed by atoms with Crippen molar-refractivity contribution in [2.45, 2.75) is 26.3 Å². The molecule has 1 aromatic rings. The third-order valence-corrected chi connectivity index (χ3v) is 2.79. The van der Waals surface area contributed by atoms with Crippen molar-refractivity contribution in [1.29, 1.82) is 0 Å². The topological polar surface area (TPSA) is 58.7 Å². The maximum Gasteiger partial charge on any atom is 0.248 e. The normalized spacial score (nSPS) is 15.3. The zero-order valence-electron chi connectivity index (χ0n) is 10.0. The van der Waals surface area contributed by atoms with E-state index in [9.17, 15) is 4.79 Å². The number of hydrazone groups is 1. The van der Waals surface area contributed by atoms with E-state index in [-0.39, 0.29) is 5.91 Å². The van der Waals surface area contributed by atoms with E-state index < -0.39 is 0 Å². The van der Waals surface area contributed by atoms with E-state index >= 15 is 0 Å². The second-order valence-corrected chi connectivity index (χ2v) is 4.32. The molecule has 0 unspecified atom stereocenters. The maximum absolute atomic E-state index is 11.7. The van der Waals surface area contributed by atoms with E-state index in [1.807, 2.05) is 31.2 Å². The molecule has 0 atom stereocenters. The van der Waals surface area contributed by atoms with Crippen molar-refractivity contribution in [2.75, 3.05) is 6.54 Å². The van der Waals surface area contributed by atoms with Crippen LogP contribution in [0.3, 0.4) is 0 Å². The molecule has 4 nitrogen and oxygen atoms in total. The molecule has 90 valence electrons. The van der Waals surface area contributed by atoms with Crippen LogP contribution in [-0.2, 0) is 11.3 Å². The summed E-state index contributed by atoms with van der Waals surface area (Å²) in [5.74, 6) is 0.0639. The number of hydrogen-bond acceptors (Lipinski definition) is 3. The van der Waals surface area contributed by atoms with Crippen molar-refractivity contribution in [3.8, 4) is 0 Å². The van der Waals surface area contributed by atoms with E-state index in [4.69, 9.17) is 5.73 Å². The maximum atomic E-state index is 11.7. The highest BCUT2D eigenvalue weighted by Gasteiger charge is 2.22. The van der Waals surface area contributed by atoms with Gasteiger partial charge < -0.3 is 5.73 Å². The van der Waals surface area contributed by atoms with Crippen LogP contribution in [-0.4, -0.2) is 23.2 Å². The Hall–Kier alpha value is -1.68. The van der Waals surface area contributed by atoms with Crippen LogP contribution < -0.4 is 5.73 Å². The predicted octanol–water partition coefficient (Wildman–Crippen LogP) is 1.43. The Kier molecular flexibility index (Phi) is 3.54. The fraction of sp³-hybridized carbons (Fsp3) is 0.385. The second-order valence-electron chi connectivity index (χ2n) is 4.32. The Morgan fingerprint density at radius 1 is 1.35 bits per heavy atom. The lowest BCUT2D eigenvalue weighted by Gasteiger charge is -2.11. The molecule has 0 aromatic heterocycles. The number of nitrogens with zero attached hydrogens (tertiary/aromatic N) is 2. The third kappa shape index (κ3) is 2.91. The van der Waals surface area contributed by atoms with Crippen LogP contribution in [0.1, 0.15) is 24.0 Å². The van der Waals surface area contributed by atoms with Crippen LogP contribution >= 0.6 is 0 Å². The number of rotatable bonds is 4. The lowest BCUT2D eigenvalue weighted by Crippen LogP contribution is -2.20. The van der Waals surface area contributed by atoms with Gasteiger partial charge in [0.25, 0.3) is 0 Å². The monoisotopic (exact) mass is 231 g/mol. The van der Waals surface area contributed by atoms with Crippen molar-refractivity contribution < 1.29 is 4.79 Å². The number of aryl methyl sites for hydroxylation is 1. The molecule has 1 amide bonds. The van der Waals surface area contributed by atoms with Gasteiger partial charge >= 0.3 is 0 Å². The van der Waals surface area contributed by atoms with Gasteiger partial charge in [0.15, 0.2) is 0 Å². The SMILES string of the molecule is Cc1ccc(CN2N=C(CCN)CC2=O)cc1. The summed E-state index contributed by atoms with van der Waals surface area (Å²) < 4.78 is 0. The van der Waals surface area contributed by atoms with Crippen LogP contribution in [0.25, 0.3) is 0 Å². The lowest BCUT2D eigenvalue weighted by atomic mass is 10.1. The van der Waals surface area contributed by atoms with Gasteiger partial charge in [-0.15, -0.1) is 0 Å². The van der Waals surface area contributed by atoms with Crippen LogP contribution in [0.15, 0.2) is 29.4 Å². The average Bonchev–Trinajstić information content (AvgIpc) is 2.63. The molecule has 0 fully saturated rings. The summed E-state index contributed by atoms with van der Waals surface area (Å²) in [4.78, 5) is 11.7. The van der Waals surface area contributed by atoms with Gasteiger partial charge in [0, 0.05) is 12.1 Å². The van der Waals surface area contributed by atoms with Gasteiger partial charge in [-0.1, -0.05) is 29.8 Å². The molecule has 0 radical (unpaired) electrons. The minimum absolute atomic E-state index is 0.0639. The molecule has 2 rings (SSSR count). The van der Waals surface area contributed by atoms with Gasteiger partial charge in [0.05, 0.1) is 13.0 Å². The quantitative estimate of drug-likeness (QED) is 0.852. The minimum atomic E-state index is 0.0639. The van der Waals surface area contributed by atoms with E-state index in [1.54, 1.807) is 0 Å². The smallest absolute Gasteiger partial charge is 0.248 e.